The number of aromatic hydroxyl groups is 1. The second-order valence-electron chi connectivity index (χ2n) is 6.17. The van der Waals surface area contributed by atoms with Gasteiger partial charge in [0.2, 0.25) is 0 Å². The maximum atomic E-state index is 10.4. The topological polar surface area (TPSA) is 75.9 Å². The van der Waals surface area contributed by atoms with Crippen molar-refractivity contribution in [2.75, 3.05) is 13.1 Å². The van der Waals surface area contributed by atoms with Crippen LogP contribution in [0.3, 0.4) is 0 Å². The number of nitrogens with one attached hydrogen (secondary N) is 1. The lowest BCUT2D eigenvalue weighted by atomic mass is 9.97. The first-order valence-electron chi connectivity index (χ1n) is 8.26. The number of rotatable bonds is 4. The summed E-state index contributed by atoms with van der Waals surface area (Å²) in [5, 5.41) is 13.7. The zero-order chi connectivity index (χ0) is 17.2. The van der Waals surface area contributed by atoms with Crippen LogP contribution in [0, 0.1) is 5.92 Å². The highest BCUT2D eigenvalue weighted by molar-refractivity contribution is 5.69. The number of phenols is 1. The Morgan fingerprint density at radius 2 is 2.20 bits per heavy atom. The lowest BCUT2D eigenvalue weighted by Gasteiger charge is -2.12. The van der Waals surface area contributed by atoms with Crippen molar-refractivity contribution >= 4 is 5.57 Å². The first kappa shape index (κ1) is 15.5. The third-order valence-electron chi connectivity index (χ3n) is 4.59. The van der Waals surface area contributed by atoms with E-state index in [1.807, 2.05) is 22.9 Å². The summed E-state index contributed by atoms with van der Waals surface area (Å²) < 4.78 is 1.83. The maximum absolute atomic E-state index is 10.4. The second-order valence-corrected chi connectivity index (χ2v) is 6.17. The molecule has 1 atom stereocenters. The highest BCUT2D eigenvalue weighted by atomic mass is 16.3. The van der Waals surface area contributed by atoms with E-state index in [2.05, 4.69) is 26.8 Å². The molecule has 1 aliphatic rings. The van der Waals surface area contributed by atoms with Crippen LogP contribution in [0.2, 0.25) is 0 Å². The Morgan fingerprint density at radius 3 is 2.84 bits per heavy atom. The molecule has 1 saturated heterocycles. The van der Waals surface area contributed by atoms with E-state index in [9.17, 15) is 5.11 Å². The quantitative estimate of drug-likeness (QED) is 0.768. The van der Waals surface area contributed by atoms with Crippen LogP contribution in [-0.2, 0) is 0 Å². The van der Waals surface area contributed by atoms with E-state index in [1.54, 1.807) is 31.0 Å². The van der Waals surface area contributed by atoms with Crippen LogP contribution in [0.1, 0.15) is 12.1 Å². The molecule has 126 valence electrons. The normalized spacial score (nSPS) is 16.9. The first-order valence-corrected chi connectivity index (χ1v) is 8.26. The summed E-state index contributed by atoms with van der Waals surface area (Å²) >= 11 is 0. The monoisotopic (exact) mass is 333 g/mol. The number of hydrogen-bond donors (Lipinski definition) is 2. The van der Waals surface area contributed by atoms with Crippen LogP contribution in [0.5, 0.6) is 5.75 Å². The van der Waals surface area contributed by atoms with Gasteiger partial charge in [-0.05, 0) is 36.6 Å². The number of nitrogens with zero attached hydrogens (tertiary/aromatic N) is 4. The second kappa shape index (κ2) is 6.49. The minimum absolute atomic E-state index is 0.159. The summed E-state index contributed by atoms with van der Waals surface area (Å²) in [6.45, 7) is 6.13. The highest BCUT2D eigenvalue weighted by Gasteiger charge is 2.20. The maximum Gasteiger partial charge on any atom is 0.127 e. The summed E-state index contributed by atoms with van der Waals surface area (Å²) in [6.07, 6.45) is 9.72. The molecule has 1 unspecified atom stereocenters. The van der Waals surface area contributed by atoms with Crippen molar-refractivity contribution in [3.05, 3.63) is 61.6 Å². The molecular weight excluding hydrogens is 314 g/mol. The van der Waals surface area contributed by atoms with E-state index in [-0.39, 0.29) is 5.75 Å². The van der Waals surface area contributed by atoms with Crippen molar-refractivity contribution < 1.29 is 5.11 Å². The van der Waals surface area contributed by atoms with Crippen LogP contribution < -0.4 is 5.32 Å². The van der Waals surface area contributed by atoms with Crippen molar-refractivity contribution in [1.29, 1.82) is 0 Å². The van der Waals surface area contributed by atoms with Gasteiger partial charge in [-0.2, -0.15) is 0 Å². The van der Waals surface area contributed by atoms with Crippen LogP contribution >= 0.6 is 0 Å². The predicted molar refractivity (Wildman–Crippen MR) is 96.3 cm³/mol. The Bertz CT molecular complexity index is 881. The Kier molecular flexibility index (Phi) is 4.03. The van der Waals surface area contributed by atoms with E-state index >= 15 is 0 Å². The van der Waals surface area contributed by atoms with E-state index in [0.29, 0.717) is 17.2 Å². The van der Waals surface area contributed by atoms with Gasteiger partial charge in [-0.25, -0.2) is 4.98 Å². The molecular formula is C19H19N5O. The molecule has 6 nitrogen and oxygen atoms in total. The van der Waals surface area contributed by atoms with Crippen LogP contribution in [0.25, 0.3) is 22.5 Å². The van der Waals surface area contributed by atoms with Crippen LogP contribution in [0.15, 0.2) is 55.9 Å². The van der Waals surface area contributed by atoms with Crippen LogP contribution in [-0.4, -0.2) is 37.7 Å². The van der Waals surface area contributed by atoms with Gasteiger partial charge < -0.3 is 15.0 Å². The Labute approximate surface area is 145 Å². The molecule has 2 N–H and O–H groups in total. The molecule has 0 amide bonds. The lowest BCUT2D eigenvalue weighted by Crippen LogP contribution is -2.10. The fraction of sp³-hybridized carbons (Fsp3) is 0.211. The third-order valence-corrected chi connectivity index (χ3v) is 4.59. The minimum atomic E-state index is 0.159. The van der Waals surface area contributed by atoms with Gasteiger partial charge >= 0.3 is 0 Å². The largest absolute Gasteiger partial charge is 0.507 e. The summed E-state index contributed by atoms with van der Waals surface area (Å²) in [5.74, 6) is 0.579. The lowest BCUT2D eigenvalue weighted by molar-refractivity contribution is 0.477. The van der Waals surface area contributed by atoms with Crippen molar-refractivity contribution in [2.45, 2.75) is 6.42 Å². The van der Waals surface area contributed by atoms with Gasteiger partial charge in [-0.15, -0.1) is 0 Å². The van der Waals surface area contributed by atoms with Gasteiger partial charge in [0.1, 0.15) is 5.75 Å². The Morgan fingerprint density at radius 1 is 1.28 bits per heavy atom. The van der Waals surface area contributed by atoms with Gasteiger partial charge in [-0.3, -0.25) is 9.97 Å². The van der Waals surface area contributed by atoms with Gasteiger partial charge in [-0.1, -0.05) is 6.58 Å². The molecule has 0 radical (unpaired) electrons. The van der Waals surface area contributed by atoms with Crippen LogP contribution in [0.4, 0.5) is 0 Å². The van der Waals surface area contributed by atoms with Crippen molar-refractivity contribution in [2.24, 2.45) is 5.92 Å². The first-order chi connectivity index (χ1) is 12.2. The molecule has 0 saturated carbocycles. The third kappa shape index (κ3) is 3.04. The highest BCUT2D eigenvalue weighted by Crippen LogP contribution is 2.30. The van der Waals surface area contributed by atoms with E-state index in [0.717, 1.165) is 36.5 Å². The molecule has 1 aliphatic heterocycles. The van der Waals surface area contributed by atoms with E-state index < -0.39 is 0 Å². The summed E-state index contributed by atoms with van der Waals surface area (Å²) in [4.78, 5) is 13.0. The molecule has 0 spiro atoms. The summed E-state index contributed by atoms with van der Waals surface area (Å²) in [6, 6.07) is 5.44. The number of aromatic nitrogens is 4. The summed E-state index contributed by atoms with van der Waals surface area (Å²) in [7, 11) is 0. The van der Waals surface area contributed by atoms with Gasteiger partial charge in [0.05, 0.1) is 35.8 Å². The van der Waals surface area contributed by atoms with Gasteiger partial charge in [0, 0.05) is 30.6 Å². The molecule has 4 rings (SSSR count). The fourth-order valence-electron chi connectivity index (χ4n) is 3.10. The fourth-order valence-corrected chi connectivity index (χ4v) is 3.10. The van der Waals surface area contributed by atoms with Gasteiger partial charge in [0.25, 0.3) is 0 Å². The van der Waals surface area contributed by atoms with Crippen molar-refractivity contribution in [1.82, 2.24) is 24.8 Å². The molecule has 0 aliphatic carbocycles. The van der Waals surface area contributed by atoms with Gasteiger partial charge in [0.15, 0.2) is 0 Å². The summed E-state index contributed by atoms with van der Waals surface area (Å²) in [5.41, 5.74) is 3.95. The zero-order valence-electron chi connectivity index (χ0n) is 13.8. The average molecular weight is 333 g/mol. The Balaban J connectivity index is 1.58. The molecule has 0 bridgehead atoms. The molecule has 3 aromatic rings. The number of hydrogen-bond acceptors (Lipinski definition) is 5. The smallest absolute Gasteiger partial charge is 0.127 e. The predicted octanol–water partition coefficient (Wildman–Crippen LogP) is 2.66. The minimum Gasteiger partial charge on any atom is -0.507 e. The van der Waals surface area contributed by atoms with Crippen molar-refractivity contribution in [3.8, 4) is 22.7 Å². The van der Waals surface area contributed by atoms with Crippen molar-refractivity contribution in [3.63, 3.8) is 0 Å². The Hall–Kier alpha value is -2.99. The van der Waals surface area contributed by atoms with E-state index in [1.165, 1.54) is 0 Å². The molecule has 6 heteroatoms. The molecule has 1 fully saturated rings. The SMILES string of the molecule is C=C(c1cnc(-c2ccc(-n3ccnc3)cc2O)cn1)C1CCNC1. The zero-order valence-corrected chi connectivity index (χ0v) is 13.8. The number of phenolic OH excluding ortho intramolecular Hbond substituents is 1. The molecule has 25 heavy (non-hydrogen) atoms. The number of imidazole rings is 1. The number of benzene rings is 1. The molecule has 2 aromatic heterocycles. The van der Waals surface area contributed by atoms with E-state index in [4.69, 9.17) is 0 Å². The average Bonchev–Trinajstić information content (AvgIpc) is 3.35. The molecule has 3 heterocycles. The standard InChI is InChI=1S/C19H19N5O/c1-13(14-4-5-20-9-14)17-10-23-18(11-22-17)16-3-2-15(8-19(16)25)24-7-6-21-12-24/h2-3,6-8,10-12,14,20,25H,1,4-5,9H2. The molecule has 1 aromatic carbocycles.